The van der Waals surface area contributed by atoms with Gasteiger partial charge in [0.25, 0.3) is 0 Å². The molecule has 0 spiro atoms. The van der Waals surface area contributed by atoms with Gasteiger partial charge in [-0.1, -0.05) is 12.1 Å². The number of morpholine rings is 1. The largest absolute Gasteiger partial charge is 0.416 e. The van der Waals surface area contributed by atoms with E-state index in [4.69, 9.17) is 4.74 Å². The zero-order valence-corrected chi connectivity index (χ0v) is 16.3. The number of ether oxygens (including phenoxy) is 1. The van der Waals surface area contributed by atoms with Crippen molar-refractivity contribution in [1.29, 1.82) is 0 Å². The third-order valence-corrected chi connectivity index (χ3v) is 4.73. The van der Waals surface area contributed by atoms with Gasteiger partial charge >= 0.3 is 6.18 Å². The van der Waals surface area contributed by atoms with Gasteiger partial charge in [-0.3, -0.25) is 4.79 Å². The molecule has 1 aliphatic rings. The van der Waals surface area contributed by atoms with Crippen LogP contribution >= 0.6 is 0 Å². The summed E-state index contributed by atoms with van der Waals surface area (Å²) in [7, 11) is 0. The minimum Gasteiger partial charge on any atom is -0.378 e. The predicted molar refractivity (Wildman–Crippen MR) is 107 cm³/mol. The minimum atomic E-state index is -4.49. The molecule has 1 fully saturated rings. The number of nitrogens with zero attached hydrogens (tertiary/aromatic N) is 1. The number of anilines is 3. The van der Waals surface area contributed by atoms with Gasteiger partial charge in [-0.05, 0) is 49.7 Å². The topological polar surface area (TPSA) is 53.6 Å². The second-order valence-corrected chi connectivity index (χ2v) is 7.05. The number of carbonyl (C=O) groups is 1. The average molecular weight is 407 g/mol. The van der Waals surface area contributed by atoms with Crippen LogP contribution in [-0.2, 0) is 15.7 Å². The summed E-state index contributed by atoms with van der Waals surface area (Å²) in [5.74, 6) is -0.416. The van der Waals surface area contributed by atoms with Crippen LogP contribution in [0, 0.1) is 6.92 Å². The van der Waals surface area contributed by atoms with Crippen LogP contribution in [0.2, 0.25) is 0 Å². The Hall–Kier alpha value is -2.74. The molecule has 0 aliphatic carbocycles. The number of hydrogen-bond donors (Lipinski definition) is 2. The Bertz CT molecular complexity index is 864. The number of alkyl halides is 3. The molecule has 156 valence electrons. The molecule has 1 aliphatic heterocycles. The molecule has 2 aromatic rings. The summed E-state index contributed by atoms with van der Waals surface area (Å²) in [6.07, 6.45) is -4.49. The lowest BCUT2D eigenvalue weighted by molar-refractivity contribution is -0.137. The fourth-order valence-electron chi connectivity index (χ4n) is 3.18. The van der Waals surface area contributed by atoms with Gasteiger partial charge in [0.05, 0.1) is 30.2 Å². The van der Waals surface area contributed by atoms with E-state index in [9.17, 15) is 18.0 Å². The number of amides is 1. The maximum atomic E-state index is 13.2. The molecule has 0 saturated carbocycles. The summed E-state index contributed by atoms with van der Waals surface area (Å²) >= 11 is 0. The molecule has 5 nitrogen and oxygen atoms in total. The monoisotopic (exact) mass is 407 g/mol. The maximum Gasteiger partial charge on any atom is 0.416 e. The van der Waals surface area contributed by atoms with E-state index in [2.05, 4.69) is 10.6 Å². The number of benzene rings is 2. The summed E-state index contributed by atoms with van der Waals surface area (Å²) in [5.41, 5.74) is 1.70. The van der Waals surface area contributed by atoms with E-state index in [0.717, 1.165) is 23.4 Å². The van der Waals surface area contributed by atoms with Gasteiger partial charge in [0, 0.05) is 18.8 Å². The number of rotatable bonds is 5. The van der Waals surface area contributed by atoms with Gasteiger partial charge in [-0.15, -0.1) is 0 Å². The highest BCUT2D eigenvalue weighted by atomic mass is 19.4. The standard InChI is InChI=1S/C21H24F3N3O2/c1-14-4-3-5-17(12-14)25-15(2)20(28)26-18-13-16(21(22,23)24)6-7-19(18)27-8-10-29-11-9-27/h3-7,12-13,15,25H,8-11H2,1-2H3,(H,26,28). The van der Waals surface area contributed by atoms with Crippen molar-refractivity contribution in [2.75, 3.05) is 41.8 Å². The highest BCUT2D eigenvalue weighted by Crippen LogP contribution is 2.36. The second kappa shape index (κ2) is 8.73. The van der Waals surface area contributed by atoms with Crippen molar-refractivity contribution in [3.05, 3.63) is 53.6 Å². The third kappa shape index (κ3) is 5.41. The van der Waals surface area contributed by atoms with Gasteiger partial charge in [0.1, 0.15) is 6.04 Å². The number of carbonyl (C=O) groups excluding carboxylic acids is 1. The lowest BCUT2D eigenvalue weighted by atomic mass is 10.1. The Balaban J connectivity index is 1.81. The van der Waals surface area contributed by atoms with Gasteiger partial charge in [-0.2, -0.15) is 13.2 Å². The van der Waals surface area contributed by atoms with Crippen molar-refractivity contribution >= 4 is 23.0 Å². The van der Waals surface area contributed by atoms with Crippen LogP contribution in [0.1, 0.15) is 18.1 Å². The molecule has 1 heterocycles. The van der Waals surface area contributed by atoms with Gasteiger partial charge in [0.15, 0.2) is 0 Å². The van der Waals surface area contributed by atoms with Crippen molar-refractivity contribution in [2.24, 2.45) is 0 Å². The molecule has 2 aromatic carbocycles. The van der Waals surface area contributed by atoms with E-state index in [1.807, 2.05) is 36.1 Å². The van der Waals surface area contributed by atoms with E-state index >= 15 is 0 Å². The summed E-state index contributed by atoms with van der Waals surface area (Å²) in [5, 5.41) is 5.75. The molecule has 1 amide bonds. The van der Waals surface area contributed by atoms with Crippen molar-refractivity contribution in [3.63, 3.8) is 0 Å². The van der Waals surface area contributed by atoms with Crippen LogP contribution in [0.25, 0.3) is 0 Å². The lowest BCUT2D eigenvalue weighted by Crippen LogP contribution is -2.37. The highest BCUT2D eigenvalue weighted by Gasteiger charge is 2.32. The Morgan fingerprint density at radius 1 is 1.14 bits per heavy atom. The summed E-state index contributed by atoms with van der Waals surface area (Å²) in [6, 6.07) is 10.3. The zero-order chi connectivity index (χ0) is 21.0. The van der Waals surface area contributed by atoms with E-state index in [-0.39, 0.29) is 5.69 Å². The maximum absolute atomic E-state index is 13.2. The Labute approximate surface area is 167 Å². The van der Waals surface area contributed by atoms with Gasteiger partial charge in [0.2, 0.25) is 5.91 Å². The van der Waals surface area contributed by atoms with Crippen LogP contribution in [0.5, 0.6) is 0 Å². The Kier molecular flexibility index (Phi) is 6.32. The van der Waals surface area contributed by atoms with E-state index in [1.165, 1.54) is 6.07 Å². The summed E-state index contributed by atoms with van der Waals surface area (Å²) in [6.45, 7) is 5.67. The average Bonchev–Trinajstić information content (AvgIpc) is 2.68. The van der Waals surface area contributed by atoms with Crippen molar-refractivity contribution in [3.8, 4) is 0 Å². The Morgan fingerprint density at radius 2 is 1.86 bits per heavy atom. The fraction of sp³-hybridized carbons (Fsp3) is 0.381. The minimum absolute atomic E-state index is 0.143. The third-order valence-electron chi connectivity index (χ3n) is 4.73. The first kappa shape index (κ1) is 21.0. The van der Waals surface area contributed by atoms with Gasteiger partial charge < -0.3 is 20.3 Å². The molecule has 2 N–H and O–H groups in total. The molecule has 0 bridgehead atoms. The highest BCUT2D eigenvalue weighted by molar-refractivity contribution is 5.99. The van der Waals surface area contributed by atoms with Crippen LogP contribution in [0.3, 0.4) is 0 Å². The molecular weight excluding hydrogens is 383 g/mol. The molecule has 3 rings (SSSR count). The SMILES string of the molecule is Cc1cccc(NC(C)C(=O)Nc2cc(C(F)(F)F)ccc2N2CCOCC2)c1. The first-order chi connectivity index (χ1) is 13.7. The van der Waals surface area contributed by atoms with Gasteiger partial charge in [-0.25, -0.2) is 0 Å². The Morgan fingerprint density at radius 3 is 2.52 bits per heavy atom. The number of nitrogens with one attached hydrogen (secondary N) is 2. The van der Waals surface area contributed by atoms with Crippen molar-refractivity contribution in [2.45, 2.75) is 26.1 Å². The number of hydrogen-bond acceptors (Lipinski definition) is 4. The predicted octanol–water partition coefficient (Wildman–Crippen LogP) is 4.29. The molecular formula is C21H24F3N3O2. The zero-order valence-electron chi connectivity index (χ0n) is 16.3. The molecule has 1 saturated heterocycles. The quantitative estimate of drug-likeness (QED) is 0.777. The smallest absolute Gasteiger partial charge is 0.378 e. The molecule has 0 aromatic heterocycles. The second-order valence-electron chi connectivity index (χ2n) is 7.05. The first-order valence-corrected chi connectivity index (χ1v) is 9.42. The number of aryl methyl sites for hydroxylation is 1. The fourth-order valence-corrected chi connectivity index (χ4v) is 3.18. The van der Waals surface area contributed by atoms with Crippen molar-refractivity contribution < 1.29 is 22.7 Å². The van der Waals surface area contributed by atoms with E-state index in [1.54, 1.807) is 6.92 Å². The lowest BCUT2D eigenvalue weighted by Gasteiger charge is -2.31. The van der Waals surface area contributed by atoms with E-state index < -0.39 is 23.7 Å². The molecule has 1 unspecified atom stereocenters. The molecule has 0 radical (unpaired) electrons. The van der Waals surface area contributed by atoms with Crippen molar-refractivity contribution in [1.82, 2.24) is 0 Å². The summed E-state index contributed by atoms with van der Waals surface area (Å²) in [4.78, 5) is 14.6. The first-order valence-electron chi connectivity index (χ1n) is 9.42. The van der Waals surface area contributed by atoms with Crippen LogP contribution in [0.4, 0.5) is 30.2 Å². The molecule has 29 heavy (non-hydrogen) atoms. The summed E-state index contributed by atoms with van der Waals surface area (Å²) < 4.78 is 44.9. The normalized spacial score (nSPS) is 15.7. The molecule has 8 heteroatoms. The van der Waals surface area contributed by atoms with Crippen LogP contribution in [-0.4, -0.2) is 38.3 Å². The van der Waals surface area contributed by atoms with Crippen LogP contribution in [0.15, 0.2) is 42.5 Å². The number of halogens is 3. The van der Waals surface area contributed by atoms with E-state index in [0.29, 0.717) is 32.0 Å². The molecule has 1 atom stereocenters. The van der Waals surface area contributed by atoms with Crippen LogP contribution < -0.4 is 15.5 Å².